The van der Waals surface area contributed by atoms with Gasteiger partial charge in [0.05, 0.1) is 12.3 Å². The summed E-state index contributed by atoms with van der Waals surface area (Å²) >= 11 is 0. The molecule has 2 amide bonds. The van der Waals surface area contributed by atoms with Crippen molar-refractivity contribution in [1.29, 1.82) is 0 Å². The quantitative estimate of drug-likeness (QED) is 0.748. The Balaban J connectivity index is 2.82. The lowest BCUT2D eigenvalue weighted by Gasteiger charge is -2.23. The highest BCUT2D eigenvalue weighted by molar-refractivity contribution is 5.98. The number of rotatable bonds is 8. The molecule has 0 bridgehead atoms. The molecule has 0 aromatic heterocycles. The molecule has 0 heterocycles. The van der Waals surface area contributed by atoms with Gasteiger partial charge in [0.2, 0.25) is 11.8 Å². The third kappa shape index (κ3) is 5.45. The van der Waals surface area contributed by atoms with Gasteiger partial charge in [0, 0.05) is 13.5 Å². The molecule has 116 valence electrons. The number of ether oxygens (including phenoxy) is 1. The molecule has 1 aromatic rings. The van der Waals surface area contributed by atoms with Gasteiger partial charge in [-0.2, -0.15) is 0 Å². The van der Waals surface area contributed by atoms with Gasteiger partial charge < -0.3 is 10.1 Å². The second-order valence-corrected chi connectivity index (χ2v) is 4.71. The number of carbonyl (C=O) groups excluding carboxylic acids is 2. The Bertz CT molecular complexity index is 474. The van der Waals surface area contributed by atoms with Crippen LogP contribution in [0.25, 0.3) is 0 Å². The van der Waals surface area contributed by atoms with Crippen LogP contribution >= 0.6 is 0 Å². The maximum absolute atomic E-state index is 11.9. The van der Waals surface area contributed by atoms with Gasteiger partial charge in [-0.05, 0) is 25.5 Å². The molecule has 0 unspecified atom stereocenters. The Kier molecular flexibility index (Phi) is 7.29. The van der Waals surface area contributed by atoms with E-state index in [1.54, 1.807) is 12.1 Å². The summed E-state index contributed by atoms with van der Waals surface area (Å²) in [7, 11) is 0. The number of hydrogen-bond acceptors (Lipinski definition) is 3. The van der Waals surface area contributed by atoms with Crippen LogP contribution in [0.4, 0.5) is 5.69 Å². The molecule has 5 heteroatoms. The van der Waals surface area contributed by atoms with Crippen molar-refractivity contribution in [3.8, 4) is 5.75 Å². The highest BCUT2D eigenvalue weighted by Crippen LogP contribution is 2.27. The van der Waals surface area contributed by atoms with Crippen molar-refractivity contribution < 1.29 is 14.3 Å². The molecule has 0 atom stereocenters. The first-order chi connectivity index (χ1) is 10.1. The van der Waals surface area contributed by atoms with Crippen molar-refractivity contribution in [2.24, 2.45) is 0 Å². The van der Waals surface area contributed by atoms with E-state index < -0.39 is 0 Å². The standard InChI is InChI=1S/C16H24N2O3/c1-4-6-11-17-16(20)12-18(13(3)19)14-9-7-8-10-15(14)21-5-2/h7-10H,4-6,11-12H2,1-3H3,(H,17,20). The highest BCUT2D eigenvalue weighted by atomic mass is 16.5. The molecular formula is C16H24N2O3. The van der Waals surface area contributed by atoms with Crippen LogP contribution < -0.4 is 15.0 Å². The average Bonchev–Trinajstić information content (AvgIpc) is 2.46. The van der Waals surface area contributed by atoms with Crippen LogP contribution in [-0.2, 0) is 9.59 Å². The topological polar surface area (TPSA) is 58.6 Å². The lowest BCUT2D eigenvalue weighted by molar-refractivity contribution is -0.123. The molecule has 0 saturated carbocycles. The minimum absolute atomic E-state index is 0.00311. The van der Waals surface area contributed by atoms with E-state index in [1.165, 1.54) is 11.8 Å². The fourth-order valence-corrected chi connectivity index (χ4v) is 1.93. The van der Waals surface area contributed by atoms with Crippen molar-refractivity contribution >= 4 is 17.5 Å². The highest BCUT2D eigenvalue weighted by Gasteiger charge is 2.18. The number of carbonyl (C=O) groups is 2. The number of nitrogens with zero attached hydrogens (tertiary/aromatic N) is 1. The van der Waals surface area contributed by atoms with Crippen LogP contribution in [0.2, 0.25) is 0 Å². The van der Waals surface area contributed by atoms with Gasteiger partial charge in [0.1, 0.15) is 12.3 Å². The maximum atomic E-state index is 11.9. The van der Waals surface area contributed by atoms with E-state index in [9.17, 15) is 9.59 Å². The fourth-order valence-electron chi connectivity index (χ4n) is 1.93. The summed E-state index contributed by atoms with van der Waals surface area (Å²) < 4.78 is 5.52. The monoisotopic (exact) mass is 292 g/mol. The summed E-state index contributed by atoms with van der Waals surface area (Å²) in [6.45, 7) is 6.53. The van der Waals surface area contributed by atoms with E-state index in [2.05, 4.69) is 12.2 Å². The van der Waals surface area contributed by atoms with Crippen LogP contribution in [0.3, 0.4) is 0 Å². The normalized spacial score (nSPS) is 10.0. The third-order valence-corrected chi connectivity index (χ3v) is 2.99. The first-order valence-corrected chi connectivity index (χ1v) is 7.36. The molecule has 0 fully saturated rings. The molecule has 1 aromatic carbocycles. The lowest BCUT2D eigenvalue weighted by Crippen LogP contribution is -2.40. The number of para-hydroxylation sites is 2. The van der Waals surface area contributed by atoms with Gasteiger partial charge in [-0.3, -0.25) is 14.5 Å². The van der Waals surface area contributed by atoms with Crippen molar-refractivity contribution in [3.05, 3.63) is 24.3 Å². The van der Waals surface area contributed by atoms with Gasteiger partial charge in [-0.25, -0.2) is 0 Å². The van der Waals surface area contributed by atoms with Crippen LogP contribution in [0, 0.1) is 0 Å². The average molecular weight is 292 g/mol. The van der Waals surface area contributed by atoms with Crippen LogP contribution in [0.1, 0.15) is 33.6 Å². The second kappa shape index (κ2) is 9.00. The molecule has 0 aliphatic heterocycles. The predicted molar refractivity (Wildman–Crippen MR) is 83.6 cm³/mol. The molecule has 21 heavy (non-hydrogen) atoms. The number of amides is 2. The van der Waals surface area contributed by atoms with Crippen molar-refractivity contribution in [2.45, 2.75) is 33.6 Å². The van der Waals surface area contributed by atoms with Crippen molar-refractivity contribution in [1.82, 2.24) is 5.32 Å². The Morgan fingerprint density at radius 2 is 1.95 bits per heavy atom. The van der Waals surface area contributed by atoms with E-state index in [4.69, 9.17) is 4.74 Å². The summed E-state index contributed by atoms with van der Waals surface area (Å²) in [6, 6.07) is 7.24. The zero-order chi connectivity index (χ0) is 15.7. The molecule has 0 aliphatic rings. The van der Waals surface area contributed by atoms with E-state index in [0.29, 0.717) is 24.6 Å². The Hall–Kier alpha value is -2.04. The van der Waals surface area contributed by atoms with Gasteiger partial charge in [-0.15, -0.1) is 0 Å². The van der Waals surface area contributed by atoms with Crippen LogP contribution in [0.5, 0.6) is 5.75 Å². The second-order valence-electron chi connectivity index (χ2n) is 4.71. The van der Waals surface area contributed by atoms with Crippen LogP contribution in [0.15, 0.2) is 24.3 Å². The Labute approximate surface area is 126 Å². The first-order valence-electron chi connectivity index (χ1n) is 7.36. The number of hydrogen-bond donors (Lipinski definition) is 1. The number of unbranched alkanes of at least 4 members (excludes halogenated alkanes) is 1. The number of nitrogens with one attached hydrogen (secondary N) is 1. The zero-order valence-corrected chi connectivity index (χ0v) is 13.0. The van der Waals surface area contributed by atoms with Gasteiger partial charge in [-0.1, -0.05) is 25.5 Å². The van der Waals surface area contributed by atoms with Crippen molar-refractivity contribution in [3.63, 3.8) is 0 Å². The minimum atomic E-state index is -0.187. The fraction of sp³-hybridized carbons (Fsp3) is 0.500. The van der Waals surface area contributed by atoms with E-state index in [-0.39, 0.29) is 18.4 Å². The molecule has 1 N–H and O–H groups in total. The number of benzene rings is 1. The third-order valence-electron chi connectivity index (χ3n) is 2.99. The SMILES string of the molecule is CCCCNC(=O)CN(C(C)=O)c1ccccc1OCC. The maximum Gasteiger partial charge on any atom is 0.240 e. The predicted octanol–water partition coefficient (Wildman–Crippen LogP) is 2.35. The lowest BCUT2D eigenvalue weighted by atomic mass is 10.2. The molecule has 0 radical (unpaired) electrons. The van der Waals surface area contributed by atoms with Gasteiger partial charge in [0.25, 0.3) is 0 Å². The summed E-state index contributed by atoms with van der Waals surface area (Å²) in [5, 5.41) is 2.82. The summed E-state index contributed by atoms with van der Waals surface area (Å²) in [4.78, 5) is 25.2. The van der Waals surface area contributed by atoms with Gasteiger partial charge >= 0.3 is 0 Å². The smallest absolute Gasteiger partial charge is 0.240 e. The van der Waals surface area contributed by atoms with Gasteiger partial charge in [0.15, 0.2) is 0 Å². The summed E-state index contributed by atoms with van der Waals surface area (Å²) in [5.74, 6) is 0.259. The molecular weight excluding hydrogens is 268 g/mol. The van der Waals surface area contributed by atoms with Crippen LogP contribution in [-0.4, -0.2) is 31.5 Å². The molecule has 5 nitrogen and oxygen atoms in total. The Morgan fingerprint density at radius 1 is 1.24 bits per heavy atom. The van der Waals surface area contributed by atoms with E-state index >= 15 is 0 Å². The van der Waals surface area contributed by atoms with E-state index in [0.717, 1.165) is 12.8 Å². The summed E-state index contributed by atoms with van der Waals surface area (Å²) in [5.41, 5.74) is 0.623. The first kappa shape index (κ1) is 17.0. The Morgan fingerprint density at radius 3 is 2.57 bits per heavy atom. The largest absolute Gasteiger partial charge is 0.492 e. The molecule has 0 saturated heterocycles. The van der Waals surface area contributed by atoms with E-state index in [1.807, 2.05) is 19.1 Å². The van der Waals surface area contributed by atoms with Crippen molar-refractivity contribution in [2.75, 3.05) is 24.6 Å². The molecule has 1 rings (SSSR count). The number of anilines is 1. The zero-order valence-electron chi connectivity index (χ0n) is 13.0. The molecule has 0 aliphatic carbocycles. The summed E-state index contributed by atoms with van der Waals surface area (Å²) in [6.07, 6.45) is 1.95. The molecule has 0 spiro atoms. The minimum Gasteiger partial charge on any atom is -0.492 e.